The molecule has 0 aliphatic heterocycles. The summed E-state index contributed by atoms with van der Waals surface area (Å²) in [4.78, 5) is 0. The number of unbranched alkanes of at least 4 members (excludes halogenated alkanes) is 4. The second kappa shape index (κ2) is 15.3. The molecule has 0 spiro atoms. The van der Waals surface area contributed by atoms with E-state index in [1.165, 1.54) is 38.5 Å². The van der Waals surface area contributed by atoms with Gasteiger partial charge in [0.25, 0.3) is 0 Å². The van der Waals surface area contributed by atoms with Crippen LogP contribution >= 0.6 is 0 Å². The van der Waals surface area contributed by atoms with E-state index in [1.54, 1.807) is 0 Å². The predicted molar refractivity (Wildman–Crippen MR) is 95.6 cm³/mol. The maximum absolute atomic E-state index is 5.86. The Kier molecular flexibility index (Phi) is 14.5. The summed E-state index contributed by atoms with van der Waals surface area (Å²) in [5, 5.41) is 0. The summed E-state index contributed by atoms with van der Waals surface area (Å²) in [5.74, 6) is 0. The van der Waals surface area contributed by atoms with Gasteiger partial charge in [0.15, 0.2) is 0 Å². The Balaban J connectivity index is 3.84. The summed E-state index contributed by atoms with van der Waals surface area (Å²) in [6.07, 6.45) is 24.7. The normalized spacial score (nSPS) is 15.8. The van der Waals surface area contributed by atoms with Gasteiger partial charge in [0, 0.05) is 0 Å². The van der Waals surface area contributed by atoms with Gasteiger partial charge in [-0.25, -0.2) is 0 Å². The lowest BCUT2D eigenvalue weighted by Gasteiger charge is -2.12. The first kappa shape index (κ1) is 19.9. The first-order valence-electron chi connectivity index (χ1n) is 8.52. The third-order valence-electron chi connectivity index (χ3n) is 3.14. The van der Waals surface area contributed by atoms with E-state index in [9.17, 15) is 0 Å². The smallest absolute Gasteiger partial charge is 0.0738 e. The molecule has 0 rings (SSSR count). The molecular formula is C20H34O. The van der Waals surface area contributed by atoms with E-state index in [0.717, 1.165) is 0 Å². The number of hydrogen-bond acceptors (Lipinski definition) is 1. The van der Waals surface area contributed by atoms with Crippen LogP contribution in [0.3, 0.4) is 0 Å². The summed E-state index contributed by atoms with van der Waals surface area (Å²) in [6.45, 7) is 8.59. The summed E-state index contributed by atoms with van der Waals surface area (Å²) in [6, 6.07) is 0. The van der Waals surface area contributed by atoms with E-state index in [0.29, 0.717) is 0 Å². The Morgan fingerprint density at radius 2 is 1.14 bits per heavy atom. The zero-order valence-corrected chi connectivity index (χ0v) is 14.4. The highest BCUT2D eigenvalue weighted by atomic mass is 16.5. The van der Waals surface area contributed by atoms with E-state index in [2.05, 4.69) is 76.3 Å². The van der Waals surface area contributed by atoms with Gasteiger partial charge in [-0.15, -0.1) is 0 Å². The molecule has 0 N–H and O–H groups in total. The Bertz CT molecular complexity index is 291. The van der Waals surface area contributed by atoms with Gasteiger partial charge in [-0.1, -0.05) is 88.1 Å². The van der Waals surface area contributed by atoms with Gasteiger partial charge in [0.05, 0.1) is 12.2 Å². The van der Waals surface area contributed by atoms with Crippen LogP contribution in [0.25, 0.3) is 0 Å². The Morgan fingerprint density at radius 1 is 0.714 bits per heavy atom. The molecule has 1 heteroatoms. The van der Waals surface area contributed by atoms with Crippen LogP contribution in [-0.4, -0.2) is 12.2 Å². The molecular weight excluding hydrogens is 256 g/mol. The first-order valence-corrected chi connectivity index (χ1v) is 8.52. The van der Waals surface area contributed by atoms with E-state index in [1.807, 2.05) is 0 Å². The fourth-order valence-electron chi connectivity index (χ4n) is 1.86. The summed E-state index contributed by atoms with van der Waals surface area (Å²) in [7, 11) is 0. The Morgan fingerprint density at radius 3 is 1.52 bits per heavy atom. The molecule has 0 aromatic heterocycles. The topological polar surface area (TPSA) is 9.23 Å². The SMILES string of the molecule is CCCCC=CC=CC(C)OC(C)C=CC=CCCCC. The highest BCUT2D eigenvalue weighted by Crippen LogP contribution is 2.03. The van der Waals surface area contributed by atoms with Crippen LogP contribution in [0.5, 0.6) is 0 Å². The maximum Gasteiger partial charge on any atom is 0.0738 e. The van der Waals surface area contributed by atoms with E-state index >= 15 is 0 Å². The van der Waals surface area contributed by atoms with Crippen molar-refractivity contribution in [3.8, 4) is 0 Å². The van der Waals surface area contributed by atoms with Crippen molar-refractivity contribution in [3.05, 3.63) is 48.6 Å². The number of allylic oxidation sites excluding steroid dienone is 6. The van der Waals surface area contributed by atoms with Gasteiger partial charge in [-0.05, 0) is 26.7 Å². The quantitative estimate of drug-likeness (QED) is 0.299. The molecule has 0 aliphatic carbocycles. The van der Waals surface area contributed by atoms with Crippen molar-refractivity contribution in [2.45, 2.75) is 78.4 Å². The third kappa shape index (κ3) is 15.1. The maximum atomic E-state index is 5.86. The van der Waals surface area contributed by atoms with Gasteiger partial charge in [-0.2, -0.15) is 0 Å². The molecule has 21 heavy (non-hydrogen) atoms. The Labute approximate surface area is 132 Å². The minimum absolute atomic E-state index is 0.143. The van der Waals surface area contributed by atoms with E-state index in [-0.39, 0.29) is 12.2 Å². The molecule has 2 atom stereocenters. The lowest BCUT2D eigenvalue weighted by molar-refractivity contribution is 0.0631. The highest BCUT2D eigenvalue weighted by molar-refractivity contribution is 5.06. The van der Waals surface area contributed by atoms with Crippen LogP contribution < -0.4 is 0 Å². The molecule has 2 unspecified atom stereocenters. The molecule has 0 aromatic rings. The second-order valence-corrected chi connectivity index (χ2v) is 5.46. The highest BCUT2D eigenvalue weighted by Gasteiger charge is 2.00. The van der Waals surface area contributed by atoms with Crippen molar-refractivity contribution < 1.29 is 4.74 Å². The molecule has 0 saturated heterocycles. The molecule has 1 nitrogen and oxygen atoms in total. The fourth-order valence-corrected chi connectivity index (χ4v) is 1.86. The number of ether oxygens (including phenoxy) is 1. The third-order valence-corrected chi connectivity index (χ3v) is 3.14. The zero-order chi connectivity index (χ0) is 15.8. The van der Waals surface area contributed by atoms with Crippen LogP contribution in [0.15, 0.2) is 48.6 Å². The summed E-state index contributed by atoms with van der Waals surface area (Å²) < 4.78 is 5.86. The zero-order valence-electron chi connectivity index (χ0n) is 14.4. The van der Waals surface area contributed by atoms with Gasteiger partial charge in [0.1, 0.15) is 0 Å². The lowest BCUT2D eigenvalue weighted by atomic mass is 10.2. The molecule has 0 fully saturated rings. The van der Waals surface area contributed by atoms with Gasteiger partial charge in [-0.3, -0.25) is 0 Å². The summed E-state index contributed by atoms with van der Waals surface area (Å²) >= 11 is 0. The van der Waals surface area contributed by atoms with Crippen LogP contribution in [-0.2, 0) is 4.74 Å². The minimum Gasteiger partial charge on any atom is -0.367 e. The van der Waals surface area contributed by atoms with Crippen LogP contribution in [0, 0.1) is 0 Å². The van der Waals surface area contributed by atoms with E-state index < -0.39 is 0 Å². The van der Waals surface area contributed by atoms with E-state index in [4.69, 9.17) is 4.74 Å². The van der Waals surface area contributed by atoms with Crippen molar-refractivity contribution >= 4 is 0 Å². The van der Waals surface area contributed by atoms with Crippen molar-refractivity contribution in [1.29, 1.82) is 0 Å². The first-order chi connectivity index (χ1) is 10.2. The minimum atomic E-state index is 0.143. The van der Waals surface area contributed by atoms with Crippen molar-refractivity contribution in [3.63, 3.8) is 0 Å². The average molecular weight is 290 g/mol. The molecule has 0 saturated carbocycles. The van der Waals surface area contributed by atoms with Crippen molar-refractivity contribution in [2.24, 2.45) is 0 Å². The Hall–Kier alpha value is -1.08. The van der Waals surface area contributed by atoms with Crippen molar-refractivity contribution in [1.82, 2.24) is 0 Å². The monoisotopic (exact) mass is 290 g/mol. The fraction of sp³-hybridized carbons (Fsp3) is 0.600. The number of hydrogen-bond donors (Lipinski definition) is 0. The van der Waals surface area contributed by atoms with Gasteiger partial charge >= 0.3 is 0 Å². The standard InChI is InChI=1S/C20H34O/c1-5-7-9-11-13-15-17-19(3)21-20(4)18-16-14-12-10-8-6-2/h11-20H,5-10H2,1-4H3. The number of rotatable bonds is 12. The molecule has 0 aromatic carbocycles. The lowest BCUT2D eigenvalue weighted by Crippen LogP contribution is -2.12. The summed E-state index contributed by atoms with van der Waals surface area (Å²) in [5.41, 5.74) is 0. The van der Waals surface area contributed by atoms with Gasteiger partial charge in [0.2, 0.25) is 0 Å². The molecule has 120 valence electrons. The molecule has 0 radical (unpaired) electrons. The second-order valence-electron chi connectivity index (χ2n) is 5.46. The van der Waals surface area contributed by atoms with Crippen LogP contribution in [0.2, 0.25) is 0 Å². The van der Waals surface area contributed by atoms with Crippen LogP contribution in [0.4, 0.5) is 0 Å². The molecule has 0 bridgehead atoms. The molecule has 0 aliphatic rings. The molecule has 0 heterocycles. The predicted octanol–water partition coefficient (Wildman–Crippen LogP) is 6.39. The average Bonchev–Trinajstić information content (AvgIpc) is 2.46. The van der Waals surface area contributed by atoms with Crippen molar-refractivity contribution in [2.75, 3.05) is 0 Å². The van der Waals surface area contributed by atoms with Crippen LogP contribution in [0.1, 0.15) is 66.2 Å². The molecule has 0 amide bonds. The van der Waals surface area contributed by atoms with Gasteiger partial charge < -0.3 is 4.74 Å². The largest absolute Gasteiger partial charge is 0.367 e.